The third-order valence-electron chi connectivity index (χ3n) is 2.25. The zero-order valence-corrected chi connectivity index (χ0v) is 6.64. The largest absolute Gasteiger partial charge is 0.237 e. The maximum atomic E-state index is 4.43. The van der Waals surface area contributed by atoms with Crippen LogP contribution in [0.25, 0.3) is 5.65 Å². The molecule has 0 aliphatic heterocycles. The fraction of sp³-hybridized carbons (Fsp3) is 0.333. The second-order valence-corrected chi connectivity index (χ2v) is 3.27. The molecule has 2 aromatic rings. The highest BCUT2D eigenvalue weighted by atomic mass is 15.2. The van der Waals surface area contributed by atoms with Gasteiger partial charge in [-0.1, -0.05) is 0 Å². The molecule has 0 N–H and O–H groups in total. The van der Waals surface area contributed by atoms with Gasteiger partial charge in [0.2, 0.25) is 0 Å². The predicted octanol–water partition coefficient (Wildman–Crippen LogP) is 1.61. The highest BCUT2D eigenvalue weighted by Gasteiger charge is 2.26. The zero-order valence-electron chi connectivity index (χ0n) is 6.64. The first-order valence-corrected chi connectivity index (χ1v) is 4.24. The van der Waals surface area contributed by atoms with Crippen molar-refractivity contribution in [3.8, 4) is 0 Å². The van der Waals surface area contributed by atoms with E-state index in [9.17, 15) is 0 Å². The van der Waals surface area contributed by atoms with Crippen molar-refractivity contribution in [2.45, 2.75) is 18.8 Å². The molecule has 12 heavy (non-hydrogen) atoms. The second-order valence-electron chi connectivity index (χ2n) is 3.27. The Hall–Kier alpha value is -1.38. The quantitative estimate of drug-likeness (QED) is 0.632. The summed E-state index contributed by atoms with van der Waals surface area (Å²) in [5, 5.41) is 4.43. The Morgan fingerprint density at radius 2 is 2.33 bits per heavy atom. The van der Waals surface area contributed by atoms with Gasteiger partial charge in [-0.2, -0.15) is 5.10 Å². The van der Waals surface area contributed by atoms with E-state index in [1.54, 1.807) is 6.20 Å². The summed E-state index contributed by atoms with van der Waals surface area (Å²) in [7, 11) is 0. The average Bonchev–Trinajstić information content (AvgIpc) is 2.85. The molecule has 1 aliphatic carbocycles. The van der Waals surface area contributed by atoms with Gasteiger partial charge < -0.3 is 0 Å². The molecule has 3 nitrogen and oxygen atoms in total. The Bertz CT molecular complexity index is 381. The zero-order chi connectivity index (χ0) is 7.97. The third kappa shape index (κ3) is 0.826. The Labute approximate surface area is 70.0 Å². The summed E-state index contributed by atoms with van der Waals surface area (Å²) in [6, 6.07) is 3.98. The van der Waals surface area contributed by atoms with Crippen molar-refractivity contribution in [3.63, 3.8) is 0 Å². The fourth-order valence-corrected chi connectivity index (χ4v) is 1.43. The number of nitrogens with zero attached hydrogens (tertiary/aromatic N) is 3. The average molecular weight is 159 g/mol. The molecular formula is C9H9N3. The predicted molar refractivity (Wildman–Crippen MR) is 45.0 cm³/mol. The lowest BCUT2D eigenvalue weighted by atomic mass is 10.3. The van der Waals surface area contributed by atoms with Crippen LogP contribution in [0.1, 0.15) is 24.5 Å². The third-order valence-corrected chi connectivity index (χ3v) is 2.25. The van der Waals surface area contributed by atoms with Crippen LogP contribution in [0.2, 0.25) is 0 Å². The second kappa shape index (κ2) is 2.06. The van der Waals surface area contributed by atoms with E-state index < -0.39 is 0 Å². The van der Waals surface area contributed by atoms with E-state index in [1.807, 2.05) is 16.8 Å². The van der Waals surface area contributed by atoms with Crippen LogP contribution in [-0.2, 0) is 0 Å². The van der Waals surface area contributed by atoms with E-state index in [1.165, 1.54) is 18.5 Å². The number of hydrogen-bond acceptors (Lipinski definition) is 2. The van der Waals surface area contributed by atoms with E-state index in [2.05, 4.69) is 16.1 Å². The minimum absolute atomic E-state index is 0.715. The molecule has 0 atom stereocenters. The molecule has 0 spiro atoms. The summed E-state index contributed by atoms with van der Waals surface area (Å²) >= 11 is 0. The smallest absolute Gasteiger partial charge is 0.155 e. The molecule has 3 rings (SSSR count). The summed E-state index contributed by atoms with van der Waals surface area (Å²) in [4.78, 5) is 4.21. The monoisotopic (exact) mass is 159 g/mol. The molecule has 0 unspecified atom stereocenters. The van der Waals surface area contributed by atoms with Crippen molar-refractivity contribution in [3.05, 3.63) is 30.2 Å². The minimum Gasteiger partial charge on any atom is -0.237 e. The Morgan fingerprint density at radius 1 is 1.42 bits per heavy atom. The van der Waals surface area contributed by atoms with Gasteiger partial charge in [-0.25, -0.2) is 9.50 Å². The highest BCUT2D eigenvalue weighted by molar-refractivity contribution is 5.40. The van der Waals surface area contributed by atoms with Crippen molar-refractivity contribution in [1.29, 1.82) is 0 Å². The first kappa shape index (κ1) is 6.17. The number of aromatic nitrogens is 3. The Morgan fingerprint density at radius 3 is 3.08 bits per heavy atom. The molecule has 3 heteroatoms. The van der Waals surface area contributed by atoms with Gasteiger partial charge in [0, 0.05) is 24.4 Å². The topological polar surface area (TPSA) is 30.2 Å². The first-order chi connectivity index (χ1) is 5.93. The Balaban J connectivity index is 2.23. The summed E-state index contributed by atoms with van der Waals surface area (Å²) in [6.45, 7) is 0. The Kier molecular flexibility index (Phi) is 1.06. The molecule has 0 bridgehead atoms. The molecule has 1 fully saturated rings. The number of rotatable bonds is 1. The normalized spacial score (nSPS) is 17.0. The van der Waals surface area contributed by atoms with Gasteiger partial charge in [-0.15, -0.1) is 0 Å². The fourth-order valence-electron chi connectivity index (χ4n) is 1.43. The van der Waals surface area contributed by atoms with Crippen LogP contribution in [-0.4, -0.2) is 14.6 Å². The lowest BCUT2D eigenvalue weighted by molar-refractivity contribution is 0.881. The molecule has 0 saturated heterocycles. The SMILES string of the molecule is c1cnc2cc(C3CC3)nn2c1. The maximum Gasteiger partial charge on any atom is 0.155 e. The maximum absolute atomic E-state index is 4.43. The minimum atomic E-state index is 0.715. The molecule has 1 saturated carbocycles. The van der Waals surface area contributed by atoms with Crippen molar-refractivity contribution < 1.29 is 0 Å². The molecule has 0 radical (unpaired) electrons. The molecule has 0 aromatic carbocycles. The van der Waals surface area contributed by atoms with Gasteiger partial charge in [0.1, 0.15) is 0 Å². The number of fused-ring (bicyclic) bond motifs is 1. The lowest BCUT2D eigenvalue weighted by Crippen LogP contribution is -1.87. The van der Waals surface area contributed by atoms with Crippen LogP contribution >= 0.6 is 0 Å². The molecule has 2 aromatic heterocycles. The summed E-state index contributed by atoms with van der Waals surface area (Å²) < 4.78 is 1.84. The van der Waals surface area contributed by atoms with E-state index in [0.717, 1.165) is 5.65 Å². The van der Waals surface area contributed by atoms with Gasteiger partial charge in [-0.3, -0.25) is 0 Å². The van der Waals surface area contributed by atoms with Gasteiger partial charge in [-0.05, 0) is 18.9 Å². The van der Waals surface area contributed by atoms with Crippen LogP contribution in [0.15, 0.2) is 24.5 Å². The van der Waals surface area contributed by atoms with Gasteiger partial charge in [0.15, 0.2) is 5.65 Å². The molecular weight excluding hydrogens is 150 g/mol. The first-order valence-electron chi connectivity index (χ1n) is 4.24. The van der Waals surface area contributed by atoms with Gasteiger partial charge in [0.25, 0.3) is 0 Å². The number of hydrogen-bond donors (Lipinski definition) is 0. The summed E-state index contributed by atoms with van der Waals surface area (Å²) in [6.07, 6.45) is 6.33. The van der Waals surface area contributed by atoms with E-state index in [-0.39, 0.29) is 0 Å². The van der Waals surface area contributed by atoms with Crippen molar-refractivity contribution >= 4 is 5.65 Å². The van der Waals surface area contributed by atoms with Crippen LogP contribution in [0.4, 0.5) is 0 Å². The van der Waals surface area contributed by atoms with E-state index in [0.29, 0.717) is 5.92 Å². The van der Waals surface area contributed by atoms with E-state index in [4.69, 9.17) is 0 Å². The summed E-state index contributed by atoms with van der Waals surface area (Å²) in [5.74, 6) is 0.715. The lowest BCUT2D eigenvalue weighted by Gasteiger charge is -1.86. The molecule has 60 valence electrons. The van der Waals surface area contributed by atoms with E-state index >= 15 is 0 Å². The van der Waals surface area contributed by atoms with Gasteiger partial charge >= 0.3 is 0 Å². The standard InChI is InChI=1S/C9H9N3/c1-4-10-9-6-8(7-2-3-7)11-12(9)5-1/h1,4-7H,2-3H2. The van der Waals surface area contributed by atoms with Crippen molar-refractivity contribution in [2.24, 2.45) is 0 Å². The molecule has 2 heterocycles. The van der Waals surface area contributed by atoms with Crippen LogP contribution in [0, 0.1) is 0 Å². The molecule has 0 amide bonds. The van der Waals surface area contributed by atoms with Crippen LogP contribution < -0.4 is 0 Å². The van der Waals surface area contributed by atoms with Crippen LogP contribution in [0.3, 0.4) is 0 Å². The van der Waals surface area contributed by atoms with Crippen LogP contribution in [0.5, 0.6) is 0 Å². The van der Waals surface area contributed by atoms with Crippen molar-refractivity contribution in [2.75, 3.05) is 0 Å². The van der Waals surface area contributed by atoms with Crippen molar-refractivity contribution in [1.82, 2.24) is 14.6 Å². The summed E-state index contributed by atoms with van der Waals surface area (Å²) in [5.41, 5.74) is 2.16. The molecule has 1 aliphatic rings. The highest BCUT2D eigenvalue weighted by Crippen LogP contribution is 2.39. The van der Waals surface area contributed by atoms with Gasteiger partial charge in [0.05, 0.1) is 5.69 Å².